The van der Waals surface area contributed by atoms with Gasteiger partial charge in [0, 0.05) is 0 Å². The van der Waals surface area contributed by atoms with Crippen molar-refractivity contribution < 1.29 is 10.2 Å². The van der Waals surface area contributed by atoms with Gasteiger partial charge in [-0.05, 0) is 105 Å². The molecule has 0 heterocycles. The molecule has 0 aliphatic rings. The molecular formula is C19H24O2. The SMILES string of the molecule is Cc1cc(O)c(C)c(C)c1Cc1c(C)cc(O)c(C)c1C. The maximum Gasteiger partial charge on any atom is 0.119 e. The van der Waals surface area contributed by atoms with Crippen molar-refractivity contribution in [2.75, 3.05) is 0 Å². The van der Waals surface area contributed by atoms with E-state index in [-0.39, 0.29) is 0 Å². The van der Waals surface area contributed by atoms with Crippen molar-refractivity contribution in [3.05, 3.63) is 56.6 Å². The van der Waals surface area contributed by atoms with Crippen molar-refractivity contribution in [3.63, 3.8) is 0 Å². The lowest BCUT2D eigenvalue weighted by molar-refractivity contribution is 0.469. The fraction of sp³-hybridized carbons (Fsp3) is 0.368. The van der Waals surface area contributed by atoms with Gasteiger partial charge in [0.25, 0.3) is 0 Å². The van der Waals surface area contributed by atoms with Crippen molar-refractivity contribution in [1.29, 1.82) is 0 Å². The molecule has 2 aromatic carbocycles. The lowest BCUT2D eigenvalue weighted by Gasteiger charge is -2.18. The Bertz CT molecular complexity index is 651. The Labute approximate surface area is 127 Å². The van der Waals surface area contributed by atoms with Crippen molar-refractivity contribution >= 4 is 0 Å². The number of hydrogen-bond donors (Lipinski definition) is 2. The Morgan fingerprint density at radius 2 is 0.952 bits per heavy atom. The van der Waals surface area contributed by atoms with Gasteiger partial charge in [-0.3, -0.25) is 0 Å². The van der Waals surface area contributed by atoms with Crippen LogP contribution < -0.4 is 0 Å². The van der Waals surface area contributed by atoms with Crippen LogP contribution in [0.2, 0.25) is 0 Å². The zero-order valence-electron chi connectivity index (χ0n) is 13.8. The fourth-order valence-corrected chi connectivity index (χ4v) is 2.95. The molecule has 2 N–H and O–H groups in total. The van der Waals surface area contributed by atoms with Gasteiger partial charge < -0.3 is 10.2 Å². The highest BCUT2D eigenvalue weighted by Gasteiger charge is 2.15. The van der Waals surface area contributed by atoms with Crippen LogP contribution in [-0.2, 0) is 6.42 Å². The number of hydrogen-bond acceptors (Lipinski definition) is 2. The normalized spacial score (nSPS) is 11.0. The van der Waals surface area contributed by atoms with Crippen LogP contribution in [0.15, 0.2) is 12.1 Å². The minimum Gasteiger partial charge on any atom is -0.508 e. The van der Waals surface area contributed by atoms with E-state index in [1.165, 1.54) is 11.1 Å². The molecule has 0 unspecified atom stereocenters. The van der Waals surface area contributed by atoms with Gasteiger partial charge in [-0.25, -0.2) is 0 Å². The Morgan fingerprint density at radius 3 is 1.29 bits per heavy atom. The number of aromatic hydroxyl groups is 2. The van der Waals surface area contributed by atoms with Crippen LogP contribution in [0.3, 0.4) is 0 Å². The summed E-state index contributed by atoms with van der Waals surface area (Å²) >= 11 is 0. The molecule has 0 atom stereocenters. The summed E-state index contributed by atoms with van der Waals surface area (Å²) in [4.78, 5) is 0. The molecule has 0 aliphatic heterocycles. The second-order valence-corrected chi connectivity index (χ2v) is 6.06. The second-order valence-electron chi connectivity index (χ2n) is 6.06. The fourth-order valence-electron chi connectivity index (χ4n) is 2.95. The van der Waals surface area contributed by atoms with Crippen LogP contribution in [0.1, 0.15) is 44.5 Å². The average Bonchev–Trinajstić information content (AvgIpc) is 2.42. The van der Waals surface area contributed by atoms with Gasteiger partial charge in [-0.2, -0.15) is 0 Å². The molecule has 0 radical (unpaired) electrons. The van der Waals surface area contributed by atoms with Gasteiger partial charge in [0.2, 0.25) is 0 Å². The Kier molecular flexibility index (Phi) is 3.99. The minimum absolute atomic E-state index is 0.365. The Balaban J connectivity index is 2.59. The third-order valence-corrected chi connectivity index (χ3v) is 4.81. The van der Waals surface area contributed by atoms with Crippen molar-refractivity contribution in [1.82, 2.24) is 0 Å². The van der Waals surface area contributed by atoms with Crippen LogP contribution >= 0.6 is 0 Å². The quantitative estimate of drug-likeness (QED) is 0.850. The summed E-state index contributed by atoms with van der Waals surface area (Å²) in [5.74, 6) is 0.730. The summed E-state index contributed by atoms with van der Waals surface area (Å²) in [5.41, 5.74) is 8.94. The van der Waals surface area contributed by atoms with Gasteiger partial charge in [0.05, 0.1) is 0 Å². The zero-order chi connectivity index (χ0) is 15.9. The molecule has 0 spiro atoms. The van der Waals surface area contributed by atoms with Crippen LogP contribution in [0.4, 0.5) is 0 Å². The lowest BCUT2D eigenvalue weighted by atomic mass is 9.88. The topological polar surface area (TPSA) is 40.5 Å². The van der Waals surface area contributed by atoms with E-state index in [0.717, 1.165) is 39.8 Å². The molecule has 0 bridgehead atoms. The third-order valence-electron chi connectivity index (χ3n) is 4.81. The van der Waals surface area contributed by atoms with Gasteiger partial charge >= 0.3 is 0 Å². The number of benzene rings is 2. The van der Waals surface area contributed by atoms with Crippen LogP contribution in [0, 0.1) is 41.5 Å². The first kappa shape index (κ1) is 15.4. The third kappa shape index (κ3) is 2.63. The van der Waals surface area contributed by atoms with E-state index in [9.17, 15) is 10.2 Å². The lowest BCUT2D eigenvalue weighted by Crippen LogP contribution is -2.03. The standard InChI is InChI=1S/C19H24O2/c1-10-7-18(20)14(5)12(3)16(10)9-17-11(2)8-19(21)15(6)13(17)4/h7-8,20-21H,9H2,1-6H3. The first-order valence-corrected chi connectivity index (χ1v) is 7.31. The Morgan fingerprint density at radius 1 is 0.619 bits per heavy atom. The Hall–Kier alpha value is -1.96. The number of rotatable bonds is 2. The second kappa shape index (κ2) is 5.44. The highest BCUT2D eigenvalue weighted by atomic mass is 16.3. The molecule has 2 aromatic rings. The summed E-state index contributed by atoms with van der Waals surface area (Å²) in [6, 6.07) is 3.69. The van der Waals surface area contributed by atoms with Crippen LogP contribution in [0.25, 0.3) is 0 Å². The number of phenolic OH excluding ortho intramolecular Hbond substituents is 2. The molecule has 0 saturated heterocycles. The highest BCUT2D eigenvalue weighted by Crippen LogP contribution is 2.32. The van der Waals surface area contributed by atoms with E-state index in [1.54, 1.807) is 0 Å². The van der Waals surface area contributed by atoms with Crippen molar-refractivity contribution in [2.24, 2.45) is 0 Å². The van der Waals surface area contributed by atoms with Gasteiger partial charge in [-0.1, -0.05) is 0 Å². The van der Waals surface area contributed by atoms with E-state index in [2.05, 4.69) is 13.8 Å². The number of aryl methyl sites for hydroxylation is 2. The molecular weight excluding hydrogens is 260 g/mol. The summed E-state index contributed by atoms with van der Waals surface area (Å²) in [6.07, 6.45) is 0.831. The van der Waals surface area contributed by atoms with E-state index >= 15 is 0 Å². The maximum atomic E-state index is 9.93. The predicted molar refractivity (Wildman–Crippen MR) is 87.4 cm³/mol. The smallest absolute Gasteiger partial charge is 0.119 e. The summed E-state index contributed by atoms with van der Waals surface area (Å²) in [6.45, 7) is 12.1. The van der Waals surface area contributed by atoms with Crippen molar-refractivity contribution in [2.45, 2.75) is 48.0 Å². The highest BCUT2D eigenvalue weighted by molar-refractivity contribution is 5.53. The minimum atomic E-state index is 0.365. The van der Waals surface area contributed by atoms with E-state index in [1.807, 2.05) is 39.8 Å². The summed E-state index contributed by atoms with van der Waals surface area (Å²) < 4.78 is 0. The van der Waals surface area contributed by atoms with Crippen LogP contribution in [0.5, 0.6) is 11.5 Å². The van der Waals surface area contributed by atoms with Gasteiger partial charge in [0.1, 0.15) is 11.5 Å². The molecule has 0 saturated carbocycles. The van der Waals surface area contributed by atoms with E-state index in [0.29, 0.717) is 11.5 Å². The molecule has 0 amide bonds. The molecule has 2 heteroatoms. The van der Waals surface area contributed by atoms with Gasteiger partial charge in [-0.15, -0.1) is 0 Å². The maximum absolute atomic E-state index is 9.93. The molecule has 2 rings (SSSR count). The molecule has 0 aliphatic carbocycles. The first-order valence-electron chi connectivity index (χ1n) is 7.31. The first-order chi connectivity index (χ1) is 9.73. The average molecular weight is 284 g/mol. The molecule has 112 valence electrons. The monoisotopic (exact) mass is 284 g/mol. The number of phenols is 2. The molecule has 21 heavy (non-hydrogen) atoms. The molecule has 0 aromatic heterocycles. The van der Waals surface area contributed by atoms with E-state index < -0.39 is 0 Å². The van der Waals surface area contributed by atoms with Crippen molar-refractivity contribution in [3.8, 4) is 11.5 Å². The van der Waals surface area contributed by atoms with E-state index in [4.69, 9.17) is 0 Å². The van der Waals surface area contributed by atoms with Crippen LogP contribution in [-0.4, -0.2) is 10.2 Å². The summed E-state index contributed by atoms with van der Waals surface area (Å²) in [5, 5.41) is 19.9. The zero-order valence-corrected chi connectivity index (χ0v) is 13.8. The summed E-state index contributed by atoms with van der Waals surface area (Å²) in [7, 11) is 0. The van der Waals surface area contributed by atoms with Gasteiger partial charge in [0.15, 0.2) is 0 Å². The largest absolute Gasteiger partial charge is 0.508 e. The molecule has 2 nitrogen and oxygen atoms in total. The molecule has 0 fully saturated rings. The predicted octanol–water partition coefficient (Wildman–Crippen LogP) is 4.54.